The van der Waals surface area contributed by atoms with Gasteiger partial charge in [-0.1, -0.05) is 12.7 Å². The molecule has 0 unspecified atom stereocenters. The average molecular weight is 167 g/mol. The molecule has 0 rings (SSSR count). The van der Waals surface area contributed by atoms with Crippen LogP contribution in [0.4, 0.5) is 0 Å². The first-order chi connectivity index (χ1) is 5.72. The summed E-state index contributed by atoms with van der Waals surface area (Å²) >= 11 is 0. The zero-order valence-electron chi connectivity index (χ0n) is 7.80. The second kappa shape index (κ2) is 6.61. The van der Waals surface area contributed by atoms with Crippen LogP contribution in [0.2, 0.25) is 0 Å². The fourth-order valence-electron chi connectivity index (χ4n) is 0.643. The summed E-state index contributed by atoms with van der Waals surface area (Å²) in [6.45, 7) is 8.30. The molecule has 0 saturated carbocycles. The van der Waals surface area contributed by atoms with Crippen molar-refractivity contribution >= 4 is 5.71 Å². The summed E-state index contributed by atoms with van der Waals surface area (Å²) in [6, 6.07) is 0. The van der Waals surface area contributed by atoms with Gasteiger partial charge in [-0.2, -0.15) is 5.10 Å². The monoisotopic (exact) mass is 167 g/mol. The number of hydrogen-bond acceptors (Lipinski definition) is 3. The molecule has 12 heavy (non-hydrogen) atoms. The maximum Gasteiger partial charge on any atom is 0.0602 e. The number of allylic oxidation sites excluding steroid dienone is 1. The maximum absolute atomic E-state index is 5.37. The molecule has 3 nitrogen and oxygen atoms in total. The van der Waals surface area contributed by atoms with Gasteiger partial charge in [0.15, 0.2) is 0 Å². The molecule has 0 aliphatic carbocycles. The average Bonchev–Trinajstić information content (AvgIpc) is 2.05. The first-order valence-corrected chi connectivity index (χ1v) is 4.01. The summed E-state index contributed by atoms with van der Waals surface area (Å²) in [5, 5.41) is 4.06. The number of rotatable bonds is 5. The van der Waals surface area contributed by atoms with Crippen molar-refractivity contribution in [3.05, 3.63) is 24.4 Å². The van der Waals surface area contributed by atoms with Crippen molar-refractivity contribution in [1.29, 1.82) is 0 Å². The quantitative estimate of drug-likeness (QED) is 0.480. The van der Waals surface area contributed by atoms with Gasteiger partial charge in [-0.25, -0.2) is 0 Å². The molecule has 0 bridgehead atoms. The highest BCUT2D eigenvalue weighted by molar-refractivity contribution is 5.97. The van der Waals surface area contributed by atoms with Crippen LogP contribution in [0.15, 0.2) is 29.5 Å². The summed E-state index contributed by atoms with van der Waals surface area (Å²) in [4.78, 5) is 0. The third-order valence-corrected chi connectivity index (χ3v) is 1.43. The van der Waals surface area contributed by atoms with Gasteiger partial charge in [0.1, 0.15) is 0 Å². The van der Waals surface area contributed by atoms with Crippen molar-refractivity contribution in [2.24, 2.45) is 10.8 Å². The largest absolute Gasteiger partial charge is 0.330 e. The highest BCUT2D eigenvalue weighted by atomic mass is 15.3. The van der Waals surface area contributed by atoms with Gasteiger partial charge in [0.05, 0.1) is 5.71 Å². The third-order valence-electron chi connectivity index (χ3n) is 1.43. The number of nitrogens with one attached hydrogen (secondary N) is 1. The molecule has 68 valence electrons. The van der Waals surface area contributed by atoms with Crippen LogP contribution in [0, 0.1) is 0 Å². The van der Waals surface area contributed by atoms with Gasteiger partial charge >= 0.3 is 0 Å². The summed E-state index contributed by atoms with van der Waals surface area (Å²) in [5.41, 5.74) is 10.0. The molecule has 3 N–H and O–H groups in total. The van der Waals surface area contributed by atoms with Crippen LogP contribution >= 0.6 is 0 Å². The normalized spacial score (nSPS) is 12.1. The minimum Gasteiger partial charge on any atom is -0.330 e. The van der Waals surface area contributed by atoms with Gasteiger partial charge in [0, 0.05) is 6.20 Å². The molecule has 0 radical (unpaired) electrons. The molecule has 0 aromatic carbocycles. The van der Waals surface area contributed by atoms with Crippen LogP contribution in [0.3, 0.4) is 0 Å². The Bertz CT molecular complexity index is 192. The van der Waals surface area contributed by atoms with E-state index in [4.69, 9.17) is 5.73 Å². The van der Waals surface area contributed by atoms with E-state index < -0.39 is 0 Å². The lowest BCUT2D eigenvalue weighted by molar-refractivity contribution is 0.941. The number of nitrogens with two attached hydrogens (primary N) is 1. The lowest BCUT2D eigenvalue weighted by Crippen LogP contribution is -2.07. The Labute approximate surface area is 74.0 Å². The molecule has 0 spiro atoms. The van der Waals surface area contributed by atoms with Crippen LogP contribution < -0.4 is 11.2 Å². The van der Waals surface area contributed by atoms with Crippen LogP contribution in [-0.2, 0) is 0 Å². The van der Waals surface area contributed by atoms with Crippen molar-refractivity contribution in [3.8, 4) is 0 Å². The number of hydrogen-bond donors (Lipinski definition) is 2. The Morgan fingerprint density at radius 1 is 1.67 bits per heavy atom. The van der Waals surface area contributed by atoms with Crippen molar-refractivity contribution < 1.29 is 0 Å². The Kier molecular flexibility index (Phi) is 6.01. The second-order valence-electron chi connectivity index (χ2n) is 2.47. The molecular weight excluding hydrogens is 150 g/mol. The van der Waals surface area contributed by atoms with E-state index in [2.05, 4.69) is 17.1 Å². The SMILES string of the molecule is C=C(CCN)/C(C)=N\N/C=C/C. The van der Waals surface area contributed by atoms with Crippen LogP contribution in [0.1, 0.15) is 20.3 Å². The van der Waals surface area contributed by atoms with E-state index >= 15 is 0 Å². The highest BCUT2D eigenvalue weighted by Gasteiger charge is 1.95. The van der Waals surface area contributed by atoms with Gasteiger partial charge < -0.3 is 5.73 Å². The summed E-state index contributed by atoms with van der Waals surface area (Å²) < 4.78 is 0. The summed E-state index contributed by atoms with van der Waals surface area (Å²) in [7, 11) is 0. The van der Waals surface area contributed by atoms with E-state index in [0.717, 1.165) is 17.7 Å². The number of hydrazone groups is 1. The second-order valence-corrected chi connectivity index (χ2v) is 2.47. The molecule has 0 aromatic rings. The van der Waals surface area contributed by atoms with Gasteiger partial charge in [0.2, 0.25) is 0 Å². The van der Waals surface area contributed by atoms with Crippen molar-refractivity contribution in [3.63, 3.8) is 0 Å². The molecule has 0 fully saturated rings. The molecular formula is C9H17N3. The van der Waals surface area contributed by atoms with Crippen LogP contribution in [0.25, 0.3) is 0 Å². The van der Waals surface area contributed by atoms with Gasteiger partial charge in [-0.3, -0.25) is 5.43 Å². The van der Waals surface area contributed by atoms with E-state index in [1.54, 1.807) is 6.20 Å². The lowest BCUT2D eigenvalue weighted by atomic mass is 10.1. The fraction of sp³-hybridized carbons (Fsp3) is 0.444. The minimum absolute atomic E-state index is 0.620. The zero-order chi connectivity index (χ0) is 9.40. The topological polar surface area (TPSA) is 50.4 Å². The smallest absolute Gasteiger partial charge is 0.0602 e. The van der Waals surface area contributed by atoms with E-state index in [9.17, 15) is 0 Å². The van der Waals surface area contributed by atoms with Gasteiger partial charge in [-0.05, 0) is 32.4 Å². The fourth-order valence-corrected chi connectivity index (χ4v) is 0.643. The molecule has 0 aliphatic rings. The first kappa shape index (κ1) is 10.9. The molecule has 0 saturated heterocycles. The van der Waals surface area contributed by atoms with E-state index in [1.165, 1.54) is 0 Å². The zero-order valence-corrected chi connectivity index (χ0v) is 7.80. The molecule has 3 heteroatoms. The molecule has 0 atom stereocenters. The molecule has 0 heterocycles. The van der Waals surface area contributed by atoms with Crippen molar-refractivity contribution in [1.82, 2.24) is 5.43 Å². The van der Waals surface area contributed by atoms with Crippen LogP contribution in [0.5, 0.6) is 0 Å². The Morgan fingerprint density at radius 2 is 2.33 bits per heavy atom. The van der Waals surface area contributed by atoms with Gasteiger partial charge in [-0.15, -0.1) is 0 Å². The summed E-state index contributed by atoms with van der Waals surface area (Å²) in [5.74, 6) is 0. The van der Waals surface area contributed by atoms with E-state index in [-0.39, 0.29) is 0 Å². The van der Waals surface area contributed by atoms with Crippen LogP contribution in [-0.4, -0.2) is 12.3 Å². The minimum atomic E-state index is 0.620. The van der Waals surface area contributed by atoms with Crippen molar-refractivity contribution in [2.75, 3.05) is 6.54 Å². The predicted octanol–water partition coefficient (Wildman–Crippen LogP) is 1.39. The maximum atomic E-state index is 5.37. The highest BCUT2D eigenvalue weighted by Crippen LogP contribution is 1.98. The standard InChI is InChI=1S/C9H17N3/c1-4-7-11-12-9(3)8(2)5-6-10/h4,7,11H,2,5-6,10H2,1,3H3/b7-4+,12-9-. The summed E-state index contributed by atoms with van der Waals surface area (Å²) in [6.07, 6.45) is 4.44. The number of nitrogens with zero attached hydrogens (tertiary/aromatic N) is 1. The van der Waals surface area contributed by atoms with Gasteiger partial charge in [0.25, 0.3) is 0 Å². The van der Waals surface area contributed by atoms with E-state index in [0.29, 0.717) is 6.54 Å². The Hall–Kier alpha value is -1.09. The lowest BCUT2D eigenvalue weighted by Gasteiger charge is -2.01. The predicted molar refractivity (Wildman–Crippen MR) is 53.9 cm³/mol. The first-order valence-electron chi connectivity index (χ1n) is 4.01. The molecule has 0 aromatic heterocycles. The third kappa shape index (κ3) is 4.68. The van der Waals surface area contributed by atoms with Crippen molar-refractivity contribution in [2.45, 2.75) is 20.3 Å². The van der Waals surface area contributed by atoms with E-state index in [1.807, 2.05) is 19.9 Å². The molecule has 0 aliphatic heterocycles. The molecule has 0 amide bonds. The Balaban J connectivity index is 3.90. The Morgan fingerprint density at radius 3 is 2.83 bits per heavy atom.